The number of carbonyl (C=O) groups is 1. The van der Waals surface area contributed by atoms with Crippen molar-refractivity contribution >= 4 is 39.7 Å². The zero-order chi connectivity index (χ0) is 18.8. The Balaban J connectivity index is 2.00. The van der Waals surface area contributed by atoms with Gasteiger partial charge in [0.25, 0.3) is 11.4 Å². The van der Waals surface area contributed by atoms with Crippen molar-refractivity contribution in [2.45, 2.75) is 0 Å². The highest BCUT2D eigenvalue weighted by Gasteiger charge is 2.27. The van der Waals surface area contributed by atoms with Crippen molar-refractivity contribution in [3.63, 3.8) is 0 Å². The van der Waals surface area contributed by atoms with E-state index in [4.69, 9.17) is 16.3 Å². The predicted molar refractivity (Wildman–Crippen MR) is 93.7 cm³/mol. The number of rotatable bonds is 4. The van der Waals surface area contributed by atoms with Crippen LogP contribution in [-0.2, 0) is 0 Å². The Morgan fingerprint density at radius 2 is 1.62 bits per heavy atom. The van der Waals surface area contributed by atoms with Gasteiger partial charge in [-0.25, -0.2) is 4.79 Å². The van der Waals surface area contributed by atoms with Gasteiger partial charge in [0.2, 0.25) is 0 Å². The molecule has 8 nitrogen and oxygen atoms in total. The summed E-state index contributed by atoms with van der Waals surface area (Å²) in [7, 11) is 0. The van der Waals surface area contributed by atoms with Crippen molar-refractivity contribution in [1.29, 1.82) is 0 Å². The van der Waals surface area contributed by atoms with Crippen molar-refractivity contribution < 1.29 is 19.4 Å². The van der Waals surface area contributed by atoms with E-state index >= 15 is 0 Å². The van der Waals surface area contributed by atoms with E-state index in [9.17, 15) is 25.0 Å². The first kappa shape index (κ1) is 17.3. The summed E-state index contributed by atoms with van der Waals surface area (Å²) in [6.45, 7) is 0. The summed E-state index contributed by atoms with van der Waals surface area (Å²) >= 11 is 5.87. The average Bonchev–Trinajstić information content (AvgIpc) is 2.61. The van der Waals surface area contributed by atoms with Gasteiger partial charge >= 0.3 is 5.97 Å². The standard InChI is InChI=1S/C17H9ClN2O6/c18-16-14(8-12(19(22)23)9-15(16)20(24)25)17(21)26-13-6-5-10-3-1-2-4-11(10)7-13/h1-9H. The Hall–Kier alpha value is -3.52. The molecule has 0 aliphatic carbocycles. The number of nitro benzene ring substituents is 2. The third-order valence-electron chi connectivity index (χ3n) is 3.60. The molecule has 0 amide bonds. The summed E-state index contributed by atoms with van der Waals surface area (Å²) in [6, 6.07) is 13.8. The molecule has 0 bridgehead atoms. The molecule has 9 heteroatoms. The lowest BCUT2D eigenvalue weighted by Crippen LogP contribution is -2.11. The van der Waals surface area contributed by atoms with E-state index in [2.05, 4.69) is 0 Å². The Kier molecular flexibility index (Phi) is 4.51. The monoisotopic (exact) mass is 372 g/mol. The fourth-order valence-electron chi connectivity index (χ4n) is 2.37. The van der Waals surface area contributed by atoms with Gasteiger partial charge in [0.05, 0.1) is 21.5 Å². The lowest BCUT2D eigenvalue weighted by atomic mass is 10.1. The number of benzene rings is 3. The normalized spacial score (nSPS) is 10.5. The number of nitrogens with zero attached hydrogens (tertiary/aromatic N) is 2. The minimum absolute atomic E-state index is 0.180. The van der Waals surface area contributed by atoms with E-state index in [0.717, 1.165) is 16.8 Å². The van der Waals surface area contributed by atoms with E-state index < -0.39 is 37.8 Å². The van der Waals surface area contributed by atoms with E-state index in [-0.39, 0.29) is 5.75 Å². The molecule has 0 N–H and O–H groups in total. The topological polar surface area (TPSA) is 113 Å². The van der Waals surface area contributed by atoms with Crippen LogP contribution < -0.4 is 4.74 Å². The molecule has 26 heavy (non-hydrogen) atoms. The molecular weight excluding hydrogens is 364 g/mol. The molecule has 0 saturated heterocycles. The van der Waals surface area contributed by atoms with Gasteiger partial charge in [0.15, 0.2) is 0 Å². The van der Waals surface area contributed by atoms with Crippen LogP contribution in [0.1, 0.15) is 10.4 Å². The molecule has 0 aliphatic heterocycles. The SMILES string of the molecule is O=C(Oc1ccc2ccccc2c1)c1cc([N+](=O)[O-])cc([N+](=O)[O-])c1Cl. The number of fused-ring (bicyclic) bond motifs is 1. The third-order valence-corrected chi connectivity index (χ3v) is 3.99. The van der Waals surface area contributed by atoms with Gasteiger partial charge in [0, 0.05) is 6.07 Å². The summed E-state index contributed by atoms with van der Waals surface area (Å²) in [6.07, 6.45) is 0. The van der Waals surface area contributed by atoms with E-state index in [1.54, 1.807) is 18.2 Å². The lowest BCUT2D eigenvalue weighted by Gasteiger charge is -2.07. The number of halogens is 1. The zero-order valence-electron chi connectivity index (χ0n) is 12.9. The van der Waals surface area contributed by atoms with Crippen molar-refractivity contribution in [3.8, 4) is 5.75 Å². The van der Waals surface area contributed by atoms with E-state index in [1.165, 1.54) is 0 Å². The van der Waals surface area contributed by atoms with Crippen LogP contribution >= 0.6 is 11.6 Å². The molecule has 0 spiro atoms. The summed E-state index contributed by atoms with van der Waals surface area (Å²) in [5.74, 6) is -0.851. The smallest absolute Gasteiger partial charge is 0.345 e. The number of esters is 1. The summed E-state index contributed by atoms with van der Waals surface area (Å²) in [5, 5.41) is 23.2. The number of non-ortho nitro benzene ring substituents is 1. The first-order valence-corrected chi connectivity index (χ1v) is 7.58. The number of hydrogen-bond donors (Lipinski definition) is 0. The largest absolute Gasteiger partial charge is 0.423 e. The highest BCUT2D eigenvalue weighted by molar-refractivity contribution is 6.35. The molecule has 0 aromatic heterocycles. The van der Waals surface area contributed by atoms with Gasteiger partial charge < -0.3 is 4.74 Å². The molecule has 3 aromatic rings. The third kappa shape index (κ3) is 3.31. The van der Waals surface area contributed by atoms with Crippen LogP contribution in [0.5, 0.6) is 5.75 Å². The van der Waals surface area contributed by atoms with Crippen LogP contribution in [0, 0.1) is 20.2 Å². The van der Waals surface area contributed by atoms with Crippen LogP contribution in [0.15, 0.2) is 54.6 Å². The van der Waals surface area contributed by atoms with Crippen LogP contribution in [0.2, 0.25) is 5.02 Å². The van der Waals surface area contributed by atoms with Gasteiger partial charge in [-0.05, 0) is 22.9 Å². The highest BCUT2D eigenvalue weighted by Crippen LogP contribution is 2.33. The molecule has 0 fully saturated rings. The van der Waals surface area contributed by atoms with Gasteiger partial charge in [-0.2, -0.15) is 0 Å². The molecule has 3 aromatic carbocycles. The first-order valence-electron chi connectivity index (χ1n) is 7.20. The Morgan fingerprint density at radius 1 is 0.923 bits per heavy atom. The van der Waals surface area contributed by atoms with Crippen molar-refractivity contribution in [2.24, 2.45) is 0 Å². The van der Waals surface area contributed by atoms with Crippen LogP contribution in [0.25, 0.3) is 10.8 Å². The minimum atomic E-state index is -1.03. The highest BCUT2D eigenvalue weighted by atomic mass is 35.5. The molecule has 0 aliphatic rings. The van der Waals surface area contributed by atoms with Crippen LogP contribution in [0.4, 0.5) is 11.4 Å². The predicted octanol–water partition coefficient (Wildman–Crippen LogP) is 4.53. The molecule has 0 atom stereocenters. The number of carbonyl (C=O) groups excluding carboxylic acids is 1. The summed E-state index contributed by atoms with van der Waals surface area (Å²) in [5.41, 5.74) is -1.83. The second-order valence-electron chi connectivity index (χ2n) is 5.24. The second kappa shape index (κ2) is 6.77. The van der Waals surface area contributed by atoms with Gasteiger partial charge in [-0.15, -0.1) is 0 Å². The fraction of sp³-hybridized carbons (Fsp3) is 0. The molecule has 3 rings (SSSR count). The molecule has 0 radical (unpaired) electrons. The summed E-state index contributed by atoms with van der Waals surface area (Å²) < 4.78 is 5.19. The van der Waals surface area contributed by atoms with Crippen molar-refractivity contribution in [3.05, 3.63) is 85.4 Å². The quantitative estimate of drug-likeness (QED) is 0.288. The van der Waals surface area contributed by atoms with Crippen LogP contribution in [-0.4, -0.2) is 15.8 Å². The summed E-state index contributed by atoms with van der Waals surface area (Å²) in [4.78, 5) is 32.6. The minimum Gasteiger partial charge on any atom is -0.423 e. The number of nitro groups is 2. The Bertz CT molecular complexity index is 1070. The van der Waals surface area contributed by atoms with Crippen molar-refractivity contribution in [2.75, 3.05) is 0 Å². The fourth-order valence-corrected chi connectivity index (χ4v) is 2.63. The average molecular weight is 373 g/mol. The lowest BCUT2D eigenvalue weighted by molar-refractivity contribution is -0.394. The van der Waals surface area contributed by atoms with Crippen LogP contribution in [0.3, 0.4) is 0 Å². The maximum atomic E-state index is 12.4. The molecule has 0 heterocycles. The molecule has 0 saturated carbocycles. The van der Waals surface area contributed by atoms with E-state index in [1.807, 2.05) is 24.3 Å². The molecular formula is C17H9ClN2O6. The Labute approximate surface area is 150 Å². The van der Waals surface area contributed by atoms with Gasteiger partial charge in [-0.3, -0.25) is 20.2 Å². The van der Waals surface area contributed by atoms with E-state index in [0.29, 0.717) is 6.07 Å². The maximum Gasteiger partial charge on any atom is 0.345 e. The molecule has 0 unspecified atom stereocenters. The second-order valence-corrected chi connectivity index (χ2v) is 5.62. The zero-order valence-corrected chi connectivity index (χ0v) is 13.7. The number of hydrogen-bond acceptors (Lipinski definition) is 6. The Morgan fingerprint density at radius 3 is 2.27 bits per heavy atom. The maximum absolute atomic E-state index is 12.4. The number of ether oxygens (including phenoxy) is 1. The van der Waals surface area contributed by atoms with Gasteiger partial charge in [-0.1, -0.05) is 41.9 Å². The van der Waals surface area contributed by atoms with Gasteiger partial charge in [0.1, 0.15) is 10.8 Å². The molecule has 130 valence electrons. The first-order chi connectivity index (χ1) is 12.4. The van der Waals surface area contributed by atoms with Crippen molar-refractivity contribution in [1.82, 2.24) is 0 Å².